The average molecular weight is 619 g/mol. The minimum atomic E-state index is -4.51. The van der Waals surface area contributed by atoms with Crippen LogP contribution in [0.4, 0.5) is 13.2 Å². The topological polar surface area (TPSA) is 71.3 Å². The van der Waals surface area contributed by atoms with Gasteiger partial charge in [0.1, 0.15) is 0 Å². The first-order valence-corrected chi connectivity index (χ1v) is 14.7. The number of benzene rings is 5. The number of carboxylic acids is 1. The molecule has 0 aliphatic heterocycles. The molecule has 46 heavy (non-hydrogen) atoms. The highest BCUT2D eigenvalue weighted by atomic mass is 19.4. The number of halogens is 3. The van der Waals surface area contributed by atoms with E-state index in [1.165, 1.54) is 18.2 Å². The maximum absolute atomic E-state index is 14.0. The van der Waals surface area contributed by atoms with Crippen molar-refractivity contribution in [1.29, 1.82) is 0 Å². The molecule has 1 atom stereocenters. The molecule has 1 aromatic heterocycles. The van der Waals surface area contributed by atoms with Gasteiger partial charge in [0.05, 0.1) is 28.2 Å². The zero-order valence-corrected chi connectivity index (χ0v) is 24.8. The zero-order valence-electron chi connectivity index (χ0n) is 24.8. The molecule has 230 valence electrons. The Balaban J connectivity index is 1.41. The summed E-state index contributed by atoms with van der Waals surface area (Å²) in [6, 6.07) is 34.2. The second kappa shape index (κ2) is 12.4. The number of hydrogen-bond acceptors (Lipinski definition) is 2. The number of alkyl halides is 3. The van der Waals surface area contributed by atoms with Crippen LogP contribution in [0.1, 0.15) is 50.4 Å². The number of carboxylic acid groups (broad SMARTS) is 1. The molecule has 5 nitrogen and oxygen atoms in total. The van der Waals surface area contributed by atoms with Gasteiger partial charge in [0, 0.05) is 18.1 Å². The molecule has 5 aromatic carbocycles. The Morgan fingerprint density at radius 1 is 0.761 bits per heavy atom. The standard InChI is InChI=1S/C38H29F3N2O3/c1-24(26-13-15-28(16-14-26)37(45)46)42-36(44)34-22-32(30-11-6-12-33(21-30)38(39,40)41)20-31-17-18-43(35(31)34)23-25-7-5-10-29(19-25)27-8-3-2-4-9-27/h2-22,24H,23H2,1H3,(H,42,44)(H,45,46)/t24-/m0/s1. The molecule has 0 saturated heterocycles. The quantitative estimate of drug-likeness (QED) is 0.179. The zero-order chi connectivity index (χ0) is 32.4. The van der Waals surface area contributed by atoms with E-state index in [4.69, 9.17) is 0 Å². The molecule has 0 radical (unpaired) electrons. The molecule has 0 bridgehead atoms. The first kappa shape index (κ1) is 30.4. The van der Waals surface area contributed by atoms with Crippen LogP contribution in [0.15, 0.2) is 128 Å². The molecule has 6 rings (SSSR count). The Bertz CT molecular complexity index is 2050. The van der Waals surface area contributed by atoms with E-state index >= 15 is 0 Å². The van der Waals surface area contributed by atoms with E-state index in [2.05, 4.69) is 11.4 Å². The molecule has 1 heterocycles. The SMILES string of the molecule is C[C@H](NC(=O)c1cc(-c2cccc(C(F)(F)F)c2)cc2ccn(Cc3cccc(-c4ccccc4)c3)c12)c1ccc(C(=O)O)cc1. The highest BCUT2D eigenvalue weighted by molar-refractivity contribution is 6.08. The van der Waals surface area contributed by atoms with E-state index < -0.39 is 29.7 Å². The third kappa shape index (κ3) is 6.42. The summed E-state index contributed by atoms with van der Waals surface area (Å²) >= 11 is 0. The van der Waals surface area contributed by atoms with E-state index in [-0.39, 0.29) is 5.56 Å². The third-order valence-corrected chi connectivity index (χ3v) is 8.02. The predicted molar refractivity (Wildman–Crippen MR) is 173 cm³/mol. The van der Waals surface area contributed by atoms with Gasteiger partial charge < -0.3 is 15.0 Å². The number of carbonyl (C=O) groups is 2. The number of amides is 1. The molecule has 0 unspecified atom stereocenters. The molecule has 0 saturated carbocycles. The van der Waals surface area contributed by atoms with Crippen molar-refractivity contribution in [3.8, 4) is 22.3 Å². The number of hydrogen-bond donors (Lipinski definition) is 2. The summed E-state index contributed by atoms with van der Waals surface area (Å²) in [4.78, 5) is 25.3. The predicted octanol–water partition coefficient (Wildman–Crippen LogP) is 9.23. The summed E-state index contributed by atoms with van der Waals surface area (Å²) in [6.07, 6.45) is -2.63. The summed E-state index contributed by atoms with van der Waals surface area (Å²) in [5.41, 5.74) is 4.99. The summed E-state index contributed by atoms with van der Waals surface area (Å²) in [6.45, 7) is 2.25. The lowest BCUT2D eigenvalue weighted by atomic mass is 9.97. The molecule has 0 spiro atoms. The molecule has 0 fully saturated rings. The molecule has 2 N–H and O–H groups in total. The fourth-order valence-electron chi connectivity index (χ4n) is 5.64. The second-order valence-corrected chi connectivity index (χ2v) is 11.2. The van der Waals surface area contributed by atoms with Gasteiger partial charge in [0.15, 0.2) is 0 Å². The molecule has 1 amide bonds. The average Bonchev–Trinajstić information content (AvgIpc) is 3.46. The van der Waals surface area contributed by atoms with Gasteiger partial charge in [-0.2, -0.15) is 13.2 Å². The van der Waals surface area contributed by atoms with Gasteiger partial charge in [-0.1, -0.05) is 72.8 Å². The van der Waals surface area contributed by atoms with Crippen molar-refractivity contribution in [2.75, 3.05) is 0 Å². The van der Waals surface area contributed by atoms with E-state index in [1.807, 2.05) is 65.4 Å². The number of nitrogens with zero attached hydrogens (tertiary/aromatic N) is 1. The van der Waals surface area contributed by atoms with Gasteiger partial charge in [0.25, 0.3) is 5.91 Å². The molecule has 0 aliphatic rings. The minimum Gasteiger partial charge on any atom is -0.478 e. The number of carbonyl (C=O) groups excluding carboxylic acids is 1. The van der Waals surface area contributed by atoms with Crippen molar-refractivity contribution in [1.82, 2.24) is 9.88 Å². The smallest absolute Gasteiger partial charge is 0.416 e. The van der Waals surface area contributed by atoms with Gasteiger partial charge in [0.2, 0.25) is 0 Å². The highest BCUT2D eigenvalue weighted by Gasteiger charge is 2.30. The first-order valence-electron chi connectivity index (χ1n) is 14.7. The Morgan fingerprint density at radius 3 is 2.13 bits per heavy atom. The van der Waals surface area contributed by atoms with Crippen LogP contribution in [-0.4, -0.2) is 21.6 Å². The minimum absolute atomic E-state index is 0.131. The number of nitrogens with one attached hydrogen (secondary N) is 1. The van der Waals surface area contributed by atoms with E-state index in [1.54, 1.807) is 37.3 Å². The van der Waals surface area contributed by atoms with Crippen molar-refractivity contribution in [2.24, 2.45) is 0 Å². The normalized spacial score (nSPS) is 12.2. The lowest BCUT2D eigenvalue weighted by Crippen LogP contribution is -2.27. The van der Waals surface area contributed by atoms with Gasteiger partial charge in [-0.3, -0.25) is 4.79 Å². The van der Waals surface area contributed by atoms with Crippen molar-refractivity contribution < 1.29 is 27.9 Å². The Morgan fingerprint density at radius 2 is 1.43 bits per heavy atom. The van der Waals surface area contributed by atoms with E-state index in [9.17, 15) is 27.9 Å². The van der Waals surface area contributed by atoms with E-state index in [0.717, 1.165) is 28.8 Å². The van der Waals surface area contributed by atoms with Crippen LogP contribution in [-0.2, 0) is 12.7 Å². The highest BCUT2D eigenvalue weighted by Crippen LogP contribution is 2.35. The van der Waals surface area contributed by atoms with Crippen molar-refractivity contribution in [3.63, 3.8) is 0 Å². The van der Waals surface area contributed by atoms with Crippen LogP contribution in [0, 0.1) is 0 Å². The summed E-state index contributed by atoms with van der Waals surface area (Å²) in [7, 11) is 0. The number of rotatable bonds is 8. The van der Waals surface area contributed by atoms with Crippen LogP contribution >= 0.6 is 0 Å². The van der Waals surface area contributed by atoms with Crippen LogP contribution in [0.5, 0.6) is 0 Å². The summed E-state index contributed by atoms with van der Waals surface area (Å²) in [5, 5.41) is 12.9. The number of aromatic nitrogens is 1. The molecular formula is C38H29F3N2O3. The molecule has 8 heteroatoms. The Hall–Kier alpha value is -5.63. The second-order valence-electron chi connectivity index (χ2n) is 11.2. The number of aromatic carboxylic acids is 1. The lowest BCUT2D eigenvalue weighted by molar-refractivity contribution is -0.137. The van der Waals surface area contributed by atoms with Gasteiger partial charge in [-0.05, 0) is 88.8 Å². The van der Waals surface area contributed by atoms with Crippen molar-refractivity contribution in [2.45, 2.75) is 25.7 Å². The molecule has 6 aromatic rings. The van der Waals surface area contributed by atoms with Crippen molar-refractivity contribution in [3.05, 3.63) is 155 Å². The van der Waals surface area contributed by atoms with Gasteiger partial charge >= 0.3 is 12.1 Å². The van der Waals surface area contributed by atoms with E-state index in [0.29, 0.717) is 39.7 Å². The van der Waals surface area contributed by atoms with Crippen molar-refractivity contribution >= 4 is 22.8 Å². The molecule has 0 aliphatic carbocycles. The monoisotopic (exact) mass is 618 g/mol. The maximum Gasteiger partial charge on any atom is 0.416 e. The van der Waals surface area contributed by atoms with Gasteiger partial charge in [-0.15, -0.1) is 0 Å². The molecular weight excluding hydrogens is 589 g/mol. The fraction of sp³-hybridized carbons (Fsp3) is 0.105. The Kier molecular flexibility index (Phi) is 8.19. The lowest BCUT2D eigenvalue weighted by Gasteiger charge is -2.17. The number of fused-ring (bicyclic) bond motifs is 1. The maximum atomic E-state index is 14.0. The summed E-state index contributed by atoms with van der Waals surface area (Å²) in [5.74, 6) is -1.46. The van der Waals surface area contributed by atoms with Crippen LogP contribution < -0.4 is 5.32 Å². The third-order valence-electron chi connectivity index (χ3n) is 8.02. The van der Waals surface area contributed by atoms with Crippen LogP contribution in [0.25, 0.3) is 33.2 Å². The van der Waals surface area contributed by atoms with Crippen LogP contribution in [0.2, 0.25) is 0 Å². The van der Waals surface area contributed by atoms with Crippen LogP contribution in [0.3, 0.4) is 0 Å². The Labute approximate surface area is 263 Å². The summed E-state index contributed by atoms with van der Waals surface area (Å²) < 4.78 is 42.7. The largest absolute Gasteiger partial charge is 0.478 e. The first-order chi connectivity index (χ1) is 22.1. The fourth-order valence-corrected chi connectivity index (χ4v) is 5.64. The van der Waals surface area contributed by atoms with Gasteiger partial charge in [-0.25, -0.2) is 4.79 Å².